The van der Waals surface area contributed by atoms with Crippen molar-refractivity contribution in [1.82, 2.24) is 9.80 Å². The second kappa shape index (κ2) is 7.12. The van der Waals surface area contributed by atoms with E-state index in [1.54, 1.807) is 47.9 Å². The SMILES string of the molecule is CC(C)S(=O)(=O)c1ccc(CC(=O)N2CCN(C=O)CC2)cc1. The lowest BCUT2D eigenvalue weighted by molar-refractivity contribution is -0.134. The number of amides is 2. The Bertz CT molecular complexity index is 660. The molecule has 0 aliphatic carbocycles. The Morgan fingerprint density at radius 1 is 1.13 bits per heavy atom. The summed E-state index contributed by atoms with van der Waals surface area (Å²) < 4.78 is 24.1. The van der Waals surface area contributed by atoms with Crippen LogP contribution in [0.25, 0.3) is 0 Å². The number of rotatable bonds is 5. The van der Waals surface area contributed by atoms with Crippen molar-refractivity contribution in [3.05, 3.63) is 29.8 Å². The van der Waals surface area contributed by atoms with Gasteiger partial charge in [-0.2, -0.15) is 0 Å². The molecule has 0 radical (unpaired) electrons. The Morgan fingerprint density at radius 2 is 1.70 bits per heavy atom. The normalized spacial score (nSPS) is 15.8. The van der Waals surface area contributed by atoms with E-state index >= 15 is 0 Å². The van der Waals surface area contributed by atoms with Crippen molar-refractivity contribution in [1.29, 1.82) is 0 Å². The largest absolute Gasteiger partial charge is 0.342 e. The van der Waals surface area contributed by atoms with Crippen molar-refractivity contribution in [2.45, 2.75) is 30.4 Å². The molecule has 1 aromatic carbocycles. The van der Waals surface area contributed by atoms with E-state index in [9.17, 15) is 18.0 Å². The van der Waals surface area contributed by atoms with Crippen LogP contribution in [0.3, 0.4) is 0 Å². The Balaban J connectivity index is 1.99. The summed E-state index contributed by atoms with van der Waals surface area (Å²) in [5.41, 5.74) is 0.788. The molecule has 0 saturated carbocycles. The maximum atomic E-state index is 12.3. The number of carbonyl (C=O) groups excluding carboxylic acids is 2. The number of carbonyl (C=O) groups is 2. The van der Waals surface area contributed by atoms with Crippen LogP contribution >= 0.6 is 0 Å². The van der Waals surface area contributed by atoms with E-state index in [1.165, 1.54) is 0 Å². The van der Waals surface area contributed by atoms with Gasteiger partial charge in [0.15, 0.2) is 9.84 Å². The average molecular weight is 338 g/mol. The predicted molar refractivity (Wildman–Crippen MR) is 86.7 cm³/mol. The fourth-order valence-electron chi connectivity index (χ4n) is 2.43. The minimum absolute atomic E-state index is 0.00462. The van der Waals surface area contributed by atoms with Gasteiger partial charge in [0.2, 0.25) is 12.3 Å². The maximum absolute atomic E-state index is 12.3. The Morgan fingerprint density at radius 3 is 2.17 bits per heavy atom. The summed E-state index contributed by atoms with van der Waals surface area (Å²) in [7, 11) is -3.29. The standard InChI is InChI=1S/C16H22N2O4S/c1-13(2)23(21,22)15-5-3-14(4-6-15)11-16(20)18-9-7-17(12-19)8-10-18/h3-6,12-13H,7-11H2,1-2H3. The summed E-state index contributed by atoms with van der Waals surface area (Å²) in [6, 6.07) is 6.49. The fourth-order valence-corrected chi connectivity index (χ4v) is 3.49. The lowest BCUT2D eigenvalue weighted by atomic mass is 10.1. The molecular formula is C16H22N2O4S. The van der Waals surface area contributed by atoms with E-state index < -0.39 is 15.1 Å². The van der Waals surface area contributed by atoms with Gasteiger partial charge < -0.3 is 9.80 Å². The third kappa shape index (κ3) is 4.10. The second-order valence-corrected chi connectivity index (χ2v) is 8.44. The minimum Gasteiger partial charge on any atom is -0.342 e. The topological polar surface area (TPSA) is 74.8 Å². The first-order valence-corrected chi connectivity index (χ1v) is 9.19. The predicted octanol–water partition coefficient (Wildman–Crippen LogP) is 0.712. The highest BCUT2D eigenvalue weighted by Gasteiger charge is 2.21. The highest BCUT2D eigenvalue weighted by molar-refractivity contribution is 7.92. The van der Waals surface area contributed by atoms with Gasteiger partial charge in [0.25, 0.3) is 0 Å². The lowest BCUT2D eigenvalue weighted by Crippen LogP contribution is -2.48. The zero-order valence-corrected chi connectivity index (χ0v) is 14.3. The molecule has 1 fully saturated rings. The molecule has 0 aromatic heterocycles. The first-order valence-electron chi connectivity index (χ1n) is 7.64. The van der Waals surface area contributed by atoms with Crippen LogP contribution in [0.4, 0.5) is 0 Å². The van der Waals surface area contributed by atoms with Gasteiger partial charge >= 0.3 is 0 Å². The van der Waals surface area contributed by atoms with Gasteiger partial charge in [0.1, 0.15) is 0 Å². The Labute approximate surface area is 137 Å². The lowest BCUT2D eigenvalue weighted by Gasteiger charge is -2.32. The highest BCUT2D eigenvalue weighted by atomic mass is 32.2. The molecule has 1 heterocycles. The van der Waals surface area contributed by atoms with Gasteiger partial charge in [-0.1, -0.05) is 12.1 Å². The molecule has 7 heteroatoms. The van der Waals surface area contributed by atoms with E-state index in [1.807, 2.05) is 0 Å². The van der Waals surface area contributed by atoms with Gasteiger partial charge in [-0.25, -0.2) is 8.42 Å². The van der Waals surface area contributed by atoms with Crippen LogP contribution in [-0.4, -0.2) is 62.0 Å². The minimum atomic E-state index is -3.29. The van der Waals surface area contributed by atoms with Gasteiger partial charge in [-0.15, -0.1) is 0 Å². The molecule has 126 valence electrons. The van der Waals surface area contributed by atoms with Crippen LogP contribution in [0.1, 0.15) is 19.4 Å². The van der Waals surface area contributed by atoms with Crippen molar-refractivity contribution in [3.8, 4) is 0 Å². The van der Waals surface area contributed by atoms with E-state index in [0.29, 0.717) is 26.2 Å². The van der Waals surface area contributed by atoms with E-state index in [0.717, 1.165) is 12.0 Å². The van der Waals surface area contributed by atoms with Crippen LogP contribution in [0, 0.1) is 0 Å². The third-order valence-electron chi connectivity index (χ3n) is 4.04. The quantitative estimate of drug-likeness (QED) is 0.741. The van der Waals surface area contributed by atoms with Crippen molar-refractivity contribution in [3.63, 3.8) is 0 Å². The zero-order valence-electron chi connectivity index (χ0n) is 13.4. The van der Waals surface area contributed by atoms with E-state index in [4.69, 9.17) is 0 Å². The summed E-state index contributed by atoms with van der Waals surface area (Å²) in [4.78, 5) is 26.6. The van der Waals surface area contributed by atoms with Crippen LogP contribution in [0.15, 0.2) is 29.2 Å². The zero-order chi connectivity index (χ0) is 17.0. The van der Waals surface area contributed by atoms with Crippen molar-refractivity contribution in [2.75, 3.05) is 26.2 Å². The number of hydrogen-bond acceptors (Lipinski definition) is 4. The maximum Gasteiger partial charge on any atom is 0.227 e. The van der Waals surface area contributed by atoms with Crippen LogP contribution in [0.5, 0.6) is 0 Å². The van der Waals surface area contributed by atoms with Crippen LogP contribution < -0.4 is 0 Å². The first kappa shape index (κ1) is 17.5. The van der Waals surface area contributed by atoms with Gasteiger partial charge in [0, 0.05) is 26.2 Å². The summed E-state index contributed by atoms with van der Waals surface area (Å²) in [6.45, 7) is 5.48. The van der Waals surface area contributed by atoms with Crippen LogP contribution in [0.2, 0.25) is 0 Å². The summed E-state index contributed by atoms with van der Waals surface area (Å²) >= 11 is 0. The fraction of sp³-hybridized carbons (Fsp3) is 0.500. The van der Waals surface area contributed by atoms with E-state index in [2.05, 4.69) is 0 Å². The molecule has 2 rings (SSSR count). The number of sulfone groups is 1. The summed E-state index contributed by atoms with van der Waals surface area (Å²) in [6.07, 6.45) is 1.04. The number of benzene rings is 1. The molecule has 1 aromatic rings. The molecule has 1 aliphatic heterocycles. The molecule has 1 aliphatic rings. The monoisotopic (exact) mass is 338 g/mol. The molecule has 6 nitrogen and oxygen atoms in total. The number of nitrogens with zero attached hydrogens (tertiary/aromatic N) is 2. The second-order valence-electron chi connectivity index (χ2n) is 5.94. The Hall–Kier alpha value is -1.89. The molecule has 0 bridgehead atoms. The number of piperazine rings is 1. The molecule has 23 heavy (non-hydrogen) atoms. The van der Waals surface area contributed by atoms with Crippen LogP contribution in [-0.2, 0) is 25.8 Å². The molecular weight excluding hydrogens is 316 g/mol. The molecule has 1 saturated heterocycles. The third-order valence-corrected chi connectivity index (χ3v) is 6.21. The Kier molecular flexibility index (Phi) is 5.41. The first-order chi connectivity index (χ1) is 10.8. The smallest absolute Gasteiger partial charge is 0.227 e. The molecule has 0 atom stereocenters. The summed E-state index contributed by atoms with van der Waals surface area (Å²) in [5, 5.41) is -0.468. The number of hydrogen-bond donors (Lipinski definition) is 0. The molecule has 0 spiro atoms. The van der Waals surface area contributed by atoms with E-state index in [-0.39, 0.29) is 17.2 Å². The van der Waals surface area contributed by atoms with Crippen molar-refractivity contribution in [2.24, 2.45) is 0 Å². The summed E-state index contributed by atoms with van der Waals surface area (Å²) in [5.74, 6) is -0.00462. The molecule has 0 unspecified atom stereocenters. The van der Waals surface area contributed by atoms with Crippen molar-refractivity contribution < 1.29 is 18.0 Å². The highest BCUT2D eigenvalue weighted by Crippen LogP contribution is 2.17. The van der Waals surface area contributed by atoms with Gasteiger partial charge in [0.05, 0.1) is 16.6 Å². The van der Waals surface area contributed by atoms with Gasteiger partial charge in [-0.05, 0) is 31.5 Å². The molecule has 0 N–H and O–H groups in total. The van der Waals surface area contributed by atoms with Gasteiger partial charge in [-0.3, -0.25) is 9.59 Å². The molecule has 2 amide bonds. The average Bonchev–Trinajstić information content (AvgIpc) is 2.55. The van der Waals surface area contributed by atoms with Crippen molar-refractivity contribution >= 4 is 22.2 Å².